The first-order chi connectivity index (χ1) is 11.1. The smallest absolute Gasteiger partial charge is 0.285 e. The zero-order valence-corrected chi connectivity index (χ0v) is 14.7. The molecule has 1 unspecified atom stereocenters. The maximum absolute atomic E-state index is 12.7. The zero-order valence-electron chi connectivity index (χ0n) is 13.9. The first kappa shape index (κ1) is 18.7. The zero-order chi connectivity index (χ0) is 16.4. The van der Waals surface area contributed by atoms with E-state index in [1.807, 2.05) is 0 Å². The van der Waals surface area contributed by atoms with Crippen LogP contribution in [0.1, 0.15) is 41.6 Å². The minimum Gasteiger partial charge on any atom is -0.338 e. The van der Waals surface area contributed by atoms with Crippen LogP contribution in [0.5, 0.6) is 0 Å². The molecule has 2 heterocycles. The standard InChI is InChI=1S/C17H23N3O3.ClH/c1-12-4-2-5-14(16(12)20(22)23)17(21)19-10-7-13(8-11-19)15-6-3-9-18-15;/h2,4-5,13,15,18H,3,6-11H2,1H3;1H. The summed E-state index contributed by atoms with van der Waals surface area (Å²) in [7, 11) is 0. The molecule has 0 aromatic heterocycles. The molecule has 0 spiro atoms. The van der Waals surface area contributed by atoms with Gasteiger partial charge in [0, 0.05) is 24.7 Å². The van der Waals surface area contributed by atoms with Crippen molar-refractivity contribution in [2.45, 2.75) is 38.6 Å². The third-order valence-corrected chi connectivity index (χ3v) is 5.15. The van der Waals surface area contributed by atoms with Crippen molar-refractivity contribution in [1.82, 2.24) is 10.2 Å². The van der Waals surface area contributed by atoms with Crippen LogP contribution in [-0.2, 0) is 0 Å². The summed E-state index contributed by atoms with van der Waals surface area (Å²) in [6.45, 7) is 4.14. The first-order valence-corrected chi connectivity index (χ1v) is 8.34. The van der Waals surface area contributed by atoms with E-state index in [1.54, 1.807) is 30.0 Å². The van der Waals surface area contributed by atoms with Gasteiger partial charge in [0.05, 0.1) is 4.92 Å². The van der Waals surface area contributed by atoms with E-state index in [4.69, 9.17) is 0 Å². The van der Waals surface area contributed by atoms with Gasteiger partial charge in [-0.05, 0) is 51.1 Å². The van der Waals surface area contributed by atoms with Crippen molar-refractivity contribution in [3.63, 3.8) is 0 Å². The molecule has 0 radical (unpaired) electrons. The van der Waals surface area contributed by atoms with Crippen molar-refractivity contribution in [2.24, 2.45) is 5.92 Å². The summed E-state index contributed by atoms with van der Waals surface area (Å²) in [6.07, 6.45) is 4.41. The van der Waals surface area contributed by atoms with Crippen LogP contribution >= 0.6 is 12.4 Å². The van der Waals surface area contributed by atoms with E-state index in [0.717, 1.165) is 19.4 Å². The lowest BCUT2D eigenvalue weighted by Gasteiger charge is -2.34. The van der Waals surface area contributed by atoms with Crippen LogP contribution in [-0.4, -0.2) is 41.4 Å². The number of para-hydroxylation sites is 1. The summed E-state index contributed by atoms with van der Waals surface area (Å²) in [5.74, 6) is 0.410. The summed E-state index contributed by atoms with van der Waals surface area (Å²) in [4.78, 5) is 25.3. The van der Waals surface area contributed by atoms with Gasteiger partial charge in [-0.25, -0.2) is 0 Å². The number of nitro groups is 1. The van der Waals surface area contributed by atoms with Crippen molar-refractivity contribution in [2.75, 3.05) is 19.6 Å². The Labute approximate surface area is 148 Å². The van der Waals surface area contributed by atoms with Crippen molar-refractivity contribution in [3.8, 4) is 0 Å². The summed E-state index contributed by atoms with van der Waals surface area (Å²) < 4.78 is 0. The molecule has 24 heavy (non-hydrogen) atoms. The minimum atomic E-state index is -0.447. The number of hydrogen-bond acceptors (Lipinski definition) is 4. The molecule has 1 aromatic rings. The molecule has 0 bridgehead atoms. The SMILES string of the molecule is Cc1cccc(C(=O)N2CCC(C3CCCN3)CC2)c1[N+](=O)[O-].Cl. The molecule has 0 saturated carbocycles. The predicted octanol–water partition coefficient (Wildman–Crippen LogP) is 2.93. The fourth-order valence-corrected chi connectivity index (χ4v) is 3.86. The van der Waals surface area contributed by atoms with Crippen molar-refractivity contribution in [3.05, 3.63) is 39.4 Å². The second-order valence-corrected chi connectivity index (χ2v) is 6.56. The highest BCUT2D eigenvalue weighted by Gasteiger charge is 2.32. The molecule has 1 atom stereocenters. The average Bonchev–Trinajstić information content (AvgIpc) is 3.08. The number of hydrogen-bond donors (Lipinski definition) is 1. The van der Waals surface area contributed by atoms with Gasteiger partial charge in [-0.15, -0.1) is 12.4 Å². The van der Waals surface area contributed by atoms with Crippen molar-refractivity contribution < 1.29 is 9.72 Å². The number of nitrogens with one attached hydrogen (secondary N) is 1. The fourth-order valence-electron chi connectivity index (χ4n) is 3.86. The van der Waals surface area contributed by atoms with Crippen LogP contribution in [0.2, 0.25) is 0 Å². The minimum absolute atomic E-state index is 0. The van der Waals surface area contributed by atoms with Crippen molar-refractivity contribution in [1.29, 1.82) is 0 Å². The Hall–Kier alpha value is -1.66. The highest BCUT2D eigenvalue weighted by molar-refractivity contribution is 5.98. The highest BCUT2D eigenvalue weighted by Crippen LogP contribution is 2.29. The lowest BCUT2D eigenvalue weighted by Crippen LogP contribution is -2.43. The number of nitrogens with zero attached hydrogens (tertiary/aromatic N) is 2. The monoisotopic (exact) mass is 353 g/mol. The summed E-state index contributed by atoms with van der Waals surface area (Å²) in [6, 6.07) is 5.54. The van der Waals surface area contributed by atoms with Gasteiger partial charge in [-0.3, -0.25) is 14.9 Å². The quantitative estimate of drug-likeness (QED) is 0.669. The Morgan fingerprint density at radius 2 is 2.00 bits per heavy atom. The van der Waals surface area contributed by atoms with Crippen molar-refractivity contribution >= 4 is 24.0 Å². The topological polar surface area (TPSA) is 75.5 Å². The molecule has 1 aromatic carbocycles. The molecule has 2 aliphatic rings. The molecule has 3 rings (SSSR count). The van der Waals surface area contributed by atoms with Gasteiger partial charge in [0.15, 0.2) is 0 Å². The second kappa shape index (κ2) is 7.94. The largest absolute Gasteiger partial charge is 0.338 e. The van der Waals surface area contributed by atoms with E-state index in [9.17, 15) is 14.9 Å². The predicted molar refractivity (Wildman–Crippen MR) is 94.7 cm³/mol. The summed E-state index contributed by atoms with van der Waals surface area (Å²) in [5, 5.41) is 14.8. The van der Waals surface area contributed by atoms with Crippen LogP contribution in [0.25, 0.3) is 0 Å². The molecular formula is C17H24ClN3O3. The first-order valence-electron chi connectivity index (χ1n) is 8.34. The lowest BCUT2D eigenvalue weighted by atomic mass is 9.88. The molecule has 2 saturated heterocycles. The molecule has 2 fully saturated rings. The van der Waals surface area contributed by atoms with Gasteiger partial charge in [-0.1, -0.05) is 12.1 Å². The van der Waals surface area contributed by atoms with Crippen LogP contribution in [0.3, 0.4) is 0 Å². The Morgan fingerprint density at radius 1 is 1.29 bits per heavy atom. The number of carbonyl (C=O) groups is 1. The molecule has 1 N–H and O–H groups in total. The maximum atomic E-state index is 12.7. The number of benzene rings is 1. The van der Waals surface area contributed by atoms with E-state index in [1.165, 1.54) is 12.8 Å². The van der Waals surface area contributed by atoms with Gasteiger partial charge < -0.3 is 10.2 Å². The van der Waals surface area contributed by atoms with Crippen LogP contribution in [0.15, 0.2) is 18.2 Å². The number of aryl methyl sites for hydroxylation is 1. The van der Waals surface area contributed by atoms with Crippen LogP contribution in [0, 0.1) is 23.0 Å². The Morgan fingerprint density at radius 3 is 2.58 bits per heavy atom. The fraction of sp³-hybridized carbons (Fsp3) is 0.588. The Kier molecular flexibility index (Phi) is 6.18. The number of nitro benzene ring substituents is 1. The highest BCUT2D eigenvalue weighted by atomic mass is 35.5. The third kappa shape index (κ3) is 3.70. The number of halogens is 1. The molecular weight excluding hydrogens is 330 g/mol. The maximum Gasteiger partial charge on any atom is 0.285 e. The molecule has 1 amide bonds. The van der Waals surface area contributed by atoms with Gasteiger partial charge in [0.2, 0.25) is 0 Å². The van der Waals surface area contributed by atoms with E-state index in [2.05, 4.69) is 5.32 Å². The molecule has 132 valence electrons. The van der Waals surface area contributed by atoms with Gasteiger partial charge in [0.25, 0.3) is 11.6 Å². The normalized spacial score (nSPS) is 21.4. The third-order valence-electron chi connectivity index (χ3n) is 5.15. The van der Waals surface area contributed by atoms with E-state index < -0.39 is 4.92 Å². The second-order valence-electron chi connectivity index (χ2n) is 6.56. The van der Waals surface area contributed by atoms with Gasteiger partial charge in [0.1, 0.15) is 5.56 Å². The average molecular weight is 354 g/mol. The molecule has 6 nitrogen and oxygen atoms in total. The molecule has 2 aliphatic heterocycles. The number of rotatable bonds is 3. The molecule has 7 heteroatoms. The van der Waals surface area contributed by atoms with Gasteiger partial charge in [-0.2, -0.15) is 0 Å². The van der Waals surface area contributed by atoms with Crippen LogP contribution in [0.4, 0.5) is 5.69 Å². The number of amides is 1. The summed E-state index contributed by atoms with van der Waals surface area (Å²) >= 11 is 0. The lowest BCUT2D eigenvalue weighted by molar-refractivity contribution is -0.385. The Bertz CT molecular complexity index is 609. The van der Waals surface area contributed by atoms with E-state index in [0.29, 0.717) is 30.6 Å². The Balaban J connectivity index is 0.00000208. The van der Waals surface area contributed by atoms with E-state index in [-0.39, 0.29) is 29.6 Å². The van der Waals surface area contributed by atoms with Crippen LogP contribution < -0.4 is 5.32 Å². The number of likely N-dealkylation sites (tertiary alicyclic amines) is 1. The number of piperidine rings is 1. The van der Waals surface area contributed by atoms with Gasteiger partial charge >= 0.3 is 0 Å². The molecule has 0 aliphatic carbocycles. The number of carbonyl (C=O) groups excluding carboxylic acids is 1. The summed E-state index contributed by atoms with van der Waals surface area (Å²) in [5.41, 5.74) is 0.690. The van der Waals surface area contributed by atoms with E-state index >= 15 is 0 Å².